The Morgan fingerprint density at radius 3 is 2.68 bits per heavy atom. The summed E-state index contributed by atoms with van der Waals surface area (Å²) >= 11 is 0. The van der Waals surface area contributed by atoms with Crippen LogP contribution in [0.15, 0.2) is 27.2 Å². The van der Waals surface area contributed by atoms with Crippen LogP contribution in [0.1, 0.15) is 46.9 Å². The van der Waals surface area contributed by atoms with Crippen LogP contribution < -0.4 is 5.32 Å². The van der Waals surface area contributed by atoms with Gasteiger partial charge in [-0.15, -0.1) is 5.10 Å². The van der Waals surface area contributed by atoms with Crippen molar-refractivity contribution < 1.29 is 32.7 Å². The highest BCUT2D eigenvalue weighted by atomic mass is 16.6. The first-order valence-corrected chi connectivity index (χ1v) is 8.68. The van der Waals surface area contributed by atoms with Crippen molar-refractivity contribution in [3.8, 4) is 0 Å². The van der Waals surface area contributed by atoms with Gasteiger partial charge in [0.2, 0.25) is 5.76 Å². The zero-order valence-corrected chi connectivity index (χ0v) is 15.6. The number of anilines is 1. The van der Waals surface area contributed by atoms with Gasteiger partial charge in [-0.1, -0.05) is 6.92 Å². The number of rotatable bonds is 6. The van der Waals surface area contributed by atoms with Gasteiger partial charge in [0.15, 0.2) is 11.4 Å². The second-order valence-electron chi connectivity index (χ2n) is 5.76. The molecule has 148 valence electrons. The average Bonchev–Trinajstić information content (AvgIpc) is 3.36. The Hall–Kier alpha value is -3.56. The van der Waals surface area contributed by atoms with Crippen LogP contribution in [0.5, 0.6) is 0 Å². The maximum Gasteiger partial charge on any atom is 0.435 e. The summed E-state index contributed by atoms with van der Waals surface area (Å²) in [6.45, 7) is 5.49. The number of furan rings is 2. The topological polar surface area (TPSA) is 126 Å². The van der Waals surface area contributed by atoms with E-state index in [1.807, 2.05) is 6.92 Å². The van der Waals surface area contributed by atoms with Crippen molar-refractivity contribution in [2.24, 2.45) is 0 Å². The SMILES string of the molecule is CCCOC(=O)c1cc2c(o1)c(NC(=O)c1ccoc1C)nn2C(=O)OCC. The molecule has 10 heteroatoms. The number of aryl methyl sites for hydroxylation is 1. The van der Waals surface area contributed by atoms with Crippen LogP contribution in [-0.2, 0) is 9.47 Å². The molecule has 3 heterocycles. The van der Waals surface area contributed by atoms with Gasteiger partial charge in [0, 0.05) is 6.07 Å². The highest BCUT2D eigenvalue weighted by Gasteiger charge is 2.26. The van der Waals surface area contributed by atoms with Crippen molar-refractivity contribution in [3.63, 3.8) is 0 Å². The number of ether oxygens (including phenoxy) is 2. The third kappa shape index (κ3) is 3.61. The lowest BCUT2D eigenvalue weighted by Crippen LogP contribution is -2.17. The molecule has 3 aromatic heterocycles. The maximum absolute atomic E-state index is 12.5. The molecule has 3 rings (SSSR count). The number of hydrogen-bond donors (Lipinski definition) is 1. The third-order valence-corrected chi connectivity index (χ3v) is 3.77. The minimum Gasteiger partial charge on any atom is -0.469 e. The Kier molecular flexibility index (Phi) is 5.48. The molecular formula is C18H19N3O7. The summed E-state index contributed by atoms with van der Waals surface area (Å²) in [6.07, 6.45) is 1.25. The standard InChI is InChI=1S/C18H19N3O7/c1-4-7-27-17(23)13-9-12-14(28-13)15(20-21(12)18(24)25-5-2)19-16(22)11-6-8-26-10(11)3/h6,8-9H,4-5,7H2,1-3H3,(H,19,20,22). The molecule has 1 amide bonds. The molecular weight excluding hydrogens is 370 g/mol. The predicted octanol–water partition coefficient (Wildman–Crippen LogP) is 3.35. The monoisotopic (exact) mass is 389 g/mol. The zero-order valence-electron chi connectivity index (χ0n) is 15.6. The lowest BCUT2D eigenvalue weighted by molar-refractivity contribution is 0.0471. The first-order chi connectivity index (χ1) is 13.5. The Morgan fingerprint density at radius 2 is 2.04 bits per heavy atom. The van der Waals surface area contributed by atoms with E-state index in [0.717, 1.165) is 4.68 Å². The number of carbonyl (C=O) groups excluding carboxylic acids is 3. The molecule has 0 atom stereocenters. The van der Waals surface area contributed by atoms with Gasteiger partial charge in [-0.05, 0) is 26.3 Å². The quantitative estimate of drug-likeness (QED) is 0.636. The van der Waals surface area contributed by atoms with Gasteiger partial charge in [0.1, 0.15) is 11.3 Å². The van der Waals surface area contributed by atoms with Gasteiger partial charge >= 0.3 is 12.1 Å². The summed E-state index contributed by atoms with van der Waals surface area (Å²) in [7, 11) is 0. The first kappa shape index (κ1) is 19.2. The van der Waals surface area contributed by atoms with Crippen molar-refractivity contribution >= 4 is 34.9 Å². The largest absolute Gasteiger partial charge is 0.469 e. The average molecular weight is 389 g/mol. The fourth-order valence-corrected chi connectivity index (χ4v) is 2.48. The molecule has 0 aromatic carbocycles. The van der Waals surface area contributed by atoms with Gasteiger partial charge in [-0.3, -0.25) is 4.79 Å². The van der Waals surface area contributed by atoms with E-state index >= 15 is 0 Å². The molecule has 0 saturated heterocycles. The van der Waals surface area contributed by atoms with Gasteiger partial charge in [0.05, 0.1) is 25.0 Å². The minimum absolute atomic E-state index is 0.0387. The van der Waals surface area contributed by atoms with Gasteiger partial charge in [-0.25, -0.2) is 9.59 Å². The van der Waals surface area contributed by atoms with E-state index in [1.54, 1.807) is 13.8 Å². The van der Waals surface area contributed by atoms with Crippen molar-refractivity contribution in [1.82, 2.24) is 9.78 Å². The smallest absolute Gasteiger partial charge is 0.435 e. The van der Waals surface area contributed by atoms with Crippen molar-refractivity contribution in [3.05, 3.63) is 35.5 Å². The number of amides is 1. The normalized spacial score (nSPS) is 10.8. The molecule has 3 aromatic rings. The fourth-order valence-electron chi connectivity index (χ4n) is 2.48. The number of nitrogens with one attached hydrogen (secondary N) is 1. The summed E-state index contributed by atoms with van der Waals surface area (Å²) in [4.78, 5) is 36.7. The molecule has 0 radical (unpaired) electrons. The van der Waals surface area contributed by atoms with Gasteiger partial charge < -0.3 is 23.6 Å². The second-order valence-corrected chi connectivity index (χ2v) is 5.76. The number of carbonyl (C=O) groups is 3. The number of hydrogen-bond acceptors (Lipinski definition) is 8. The Bertz CT molecular complexity index is 1030. The number of nitrogens with zero attached hydrogens (tertiary/aromatic N) is 2. The van der Waals surface area contributed by atoms with Gasteiger partial charge in [0.25, 0.3) is 5.91 Å². The van der Waals surface area contributed by atoms with Crippen molar-refractivity contribution in [2.75, 3.05) is 18.5 Å². The van der Waals surface area contributed by atoms with E-state index < -0.39 is 18.0 Å². The molecule has 28 heavy (non-hydrogen) atoms. The van der Waals surface area contributed by atoms with Crippen LogP contribution in [-0.4, -0.2) is 41.0 Å². The molecule has 1 N–H and O–H groups in total. The highest BCUT2D eigenvalue weighted by Crippen LogP contribution is 2.28. The maximum atomic E-state index is 12.5. The summed E-state index contributed by atoms with van der Waals surface area (Å²) in [5.74, 6) is -0.927. The van der Waals surface area contributed by atoms with E-state index in [2.05, 4.69) is 10.4 Å². The van der Waals surface area contributed by atoms with Crippen molar-refractivity contribution in [1.29, 1.82) is 0 Å². The summed E-state index contributed by atoms with van der Waals surface area (Å²) in [6, 6.07) is 2.82. The third-order valence-electron chi connectivity index (χ3n) is 3.77. The van der Waals surface area contributed by atoms with Crippen LogP contribution in [0.25, 0.3) is 11.1 Å². The van der Waals surface area contributed by atoms with Crippen LogP contribution in [0.2, 0.25) is 0 Å². The number of esters is 1. The molecule has 0 saturated carbocycles. The molecule has 0 bridgehead atoms. The molecule has 0 aliphatic heterocycles. The second kappa shape index (κ2) is 7.99. The van der Waals surface area contributed by atoms with Crippen LogP contribution in [0, 0.1) is 6.92 Å². The van der Waals surface area contributed by atoms with Crippen LogP contribution >= 0.6 is 0 Å². The summed E-state index contributed by atoms with van der Waals surface area (Å²) in [5.41, 5.74) is 0.514. The molecule has 10 nitrogen and oxygen atoms in total. The van der Waals surface area contributed by atoms with E-state index in [4.69, 9.17) is 18.3 Å². The molecule has 0 fully saturated rings. The lowest BCUT2D eigenvalue weighted by atomic mass is 10.2. The lowest BCUT2D eigenvalue weighted by Gasteiger charge is -2.02. The molecule has 0 aliphatic carbocycles. The Balaban J connectivity index is 1.99. The Labute approximate surface area is 159 Å². The summed E-state index contributed by atoms with van der Waals surface area (Å²) in [5, 5.41) is 6.60. The van der Waals surface area contributed by atoms with E-state index in [0.29, 0.717) is 17.7 Å². The van der Waals surface area contributed by atoms with E-state index in [-0.39, 0.29) is 35.9 Å². The predicted molar refractivity (Wildman–Crippen MR) is 96.4 cm³/mol. The molecule has 0 aliphatic rings. The molecule has 0 unspecified atom stereocenters. The van der Waals surface area contributed by atoms with E-state index in [1.165, 1.54) is 18.4 Å². The molecule has 0 spiro atoms. The van der Waals surface area contributed by atoms with Crippen LogP contribution in [0.4, 0.5) is 10.6 Å². The Morgan fingerprint density at radius 1 is 1.25 bits per heavy atom. The van der Waals surface area contributed by atoms with Gasteiger partial charge in [-0.2, -0.15) is 4.68 Å². The zero-order chi connectivity index (χ0) is 20.3. The number of aromatic nitrogens is 2. The highest BCUT2D eigenvalue weighted by molar-refractivity contribution is 6.08. The van der Waals surface area contributed by atoms with E-state index in [9.17, 15) is 14.4 Å². The first-order valence-electron chi connectivity index (χ1n) is 8.68. The van der Waals surface area contributed by atoms with Crippen LogP contribution in [0.3, 0.4) is 0 Å². The summed E-state index contributed by atoms with van der Waals surface area (Å²) < 4.78 is 21.5. The van der Waals surface area contributed by atoms with Crippen molar-refractivity contribution in [2.45, 2.75) is 27.2 Å². The number of fused-ring (bicyclic) bond motifs is 1. The minimum atomic E-state index is -0.776. The fraction of sp³-hybridized carbons (Fsp3) is 0.333.